The van der Waals surface area contributed by atoms with Crippen LogP contribution >= 0.6 is 11.3 Å². The number of oxime groups is 1. The summed E-state index contributed by atoms with van der Waals surface area (Å²) in [6.07, 6.45) is 6.66. The van der Waals surface area contributed by atoms with Crippen LogP contribution in [0.4, 0.5) is 0 Å². The van der Waals surface area contributed by atoms with Gasteiger partial charge in [-0.25, -0.2) is 0 Å². The number of thiophene rings is 1. The van der Waals surface area contributed by atoms with E-state index < -0.39 is 0 Å². The summed E-state index contributed by atoms with van der Waals surface area (Å²) in [5, 5.41) is 24.6. The summed E-state index contributed by atoms with van der Waals surface area (Å²) in [6.45, 7) is 0.101. The van der Waals surface area contributed by atoms with Crippen molar-refractivity contribution in [2.45, 2.75) is 0 Å². The Morgan fingerprint density at radius 3 is 3.06 bits per heavy atom. The fraction of sp³-hybridized carbons (Fsp3) is 0.0909. The van der Waals surface area contributed by atoms with Gasteiger partial charge in [-0.05, 0) is 23.6 Å². The Labute approximate surface area is 102 Å². The third-order valence-electron chi connectivity index (χ3n) is 2.10. The smallest absolute Gasteiger partial charge is 0.119 e. The molecule has 0 saturated heterocycles. The first kappa shape index (κ1) is 11.6. The zero-order valence-corrected chi connectivity index (χ0v) is 9.71. The third-order valence-corrected chi connectivity index (χ3v) is 3.01. The molecule has 1 aliphatic rings. The van der Waals surface area contributed by atoms with Crippen LogP contribution in [-0.2, 0) is 0 Å². The van der Waals surface area contributed by atoms with Gasteiger partial charge in [0.25, 0.3) is 0 Å². The van der Waals surface area contributed by atoms with Crippen LogP contribution in [0, 0.1) is 0 Å². The van der Waals surface area contributed by atoms with E-state index in [0.29, 0.717) is 11.4 Å². The molecular weight excluding hydrogens is 238 g/mol. The third kappa shape index (κ3) is 3.02. The average Bonchev–Trinajstić information content (AvgIpc) is 2.97. The van der Waals surface area contributed by atoms with Gasteiger partial charge >= 0.3 is 0 Å². The molecule has 0 aromatic carbocycles. The highest BCUT2D eigenvalue weighted by Crippen LogP contribution is 2.12. The number of hydroxylamine groups is 2. The average molecular weight is 249 g/mol. The maximum Gasteiger partial charge on any atom is 0.119 e. The molecule has 6 heteroatoms. The van der Waals surface area contributed by atoms with Gasteiger partial charge < -0.3 is 5.21 Å². The van der Waals surface area contributed by atoms with Crippen LogP contribution in [0.2, 0.25) is 0 Å². The lowest BCUT2D eigenvalue weighted by atomic mass is 10.3. The van der Waals surface area contributed by atoms with Gasteiger partial charge in [0.05, 0.1) is 23.3 Å². The molecule has 0 atom stereocenters. The largest absolute Gasteiger partial charge is 0.411 e. The van der Waals surface area contributed by atoms with E-state index in [1.165, 1.54) is 17.5 Å². The number of rotatable bonds is 4. The van der Waals surface area contributed by atoms with Crippen molar-refractivity contribution in [2.24, 2.45) is 10.1 Å². The molecule has 2 heterocycles. The molecular formula is C11H11N3O2S. The zero-order valence-electron chi connectivity index (χ0n) is 8.89. The highest BCUT2D eigenvalue weighted by Gasteiger charge is 2.09. The van der Waals surface area contributed by atoms with Crippen molar-refractivity contribution in [2.75, 3.05) is 6.54 Å². The van der Waals surface area contributed by atoms with Crippen molar-refractivity contribution >= 4 is 23.3 Å². The van der Waals surface area contributed by atoms with E-state index >= 15 is 0 Å². The highest BCUT2D eigenvalue weighted by molar-refractivity contribution is 7.12. The molecule has 0 bridgehead atoms. The summed E-state index contributed by atoms with van der Waals surface area (Å²) in [6, 6.07) is 3.68. The molecule has 1 aliphatic heterocycles. The molecule has 0 amide bonds. The summed E-state index contributed by atoms with van der Waals surface area (Å²) < 4.78 is 0. The Balaban J connectivity index is 2.03. The molecule has 0 spiro atoms. The number of hydrogen-bond donors (Lipinski definition) is 2. The van der Waals surface area contributed by atoms with Crippen LogP contribution in [0.15, 0.2) is 51.7 Å². The van der Waals surface area contributed by atoms with E-state index in [1.807, 2.05) is 17.5 Å². The zero-order chi connectivity index (χ0) is 12.1. The fourth-order valence-corrected chi connectivity index (χ4v) is 2.05. The highest BCUT2D eigenvalue weighted by atomic mass is 32.1. The second-order valence-electron chi connectivity index (χ2n) is 3.31. The standard InChI is InChI=1S/C11H11N3O2S/c15-13-10(11-4-2-6-17-11)8-14(16)7-9-3-1-5-12-9/h1-7,15-16H,8H2/b9-7?,13-10+. The summed E-state index contributed by atoms with van der Waals surface area (Å²) in [7, 11) is 0. The summed E-state index contributed by atoms with van der Waals surface area (Å²) >= 11 is 1.45. The molecule has 0 unspecified atom stereocenters. The predicted molar refractivity (Wildman–Crippen MR) is 66.9 cm³/mol. The number of aliphatic imine (C=N–C) groups is 1. The molecule has 1 aromatic rings. The second kappa shape index (κ2) is 5.42. The SMILES string of the molecule is O/N=C(\CN(O)C=C1C=CC=N1)c1cccs1. The minimum atomic E-state index is 0.101. The molecule has 1 aromatic heterocycles. The number of hydrogen-bond acceptors (Lipinski definition) is 6. The molecule has 5 nitrogen and oxygen atoms in total. The molecule has 17 heavy (non-hydrogen) atoms. The number of nitrogens with zero attached hydrogens (tertiary/aromatic N) is 3. The quantitative estimate of drug-likeness (QED) is 0.488. The minimum absolute atomic E-state index is 0.101. The van der Waals surface area contributed by atoms with Crippen LogP contribution < -0.4 is 0 Å². The van der Waals surface area contributed by atoms with Crippen molar-refractivity contribution < 1.29 is 10.4 Å². The maximum atomic E-state index is 9.67. The Morgan fingerprint density at radius 2 is 2.47 bits per heavy atom. The molecule has 88 valence electrons. The first-order chi connectivity index (χ1) is 8.29. The lowest BCUT2D eigenvalue weighted by Gasteiger charge is -2.12. The van der Waals surface area contributed by atoms with Crippen molar-refractivity contribution in [3.63, 3.8) is 0 Å². The van der Waals surface area contributed by atoms with E-state index in [-0.39, 0.29) is 6.54 Å². The van der Waals surface area contributed by atoms with Crippen molar-refractivity contribution in [1.82, 2.24) is 5.06 Å². The van der Waals surface area contributed by atoms with Crippen molar-refractivity contribution in [3.8, 4) is 0 Å². The van der Waals surface area contributed by atoms with Crippen LogP contribution in [-0.4, -0.2) is 33.9 Å². The second-order valence-corrected chi connectivity index (χ2v) is 4.26. The first-order valence-corrected chi connectivity index (χ1v) is 5.80. The topological polar surface area (TPSA) is 68.4 Å². The molecule has 0 radical (unpaired) electrons. The van der Waals surface area contributed by atoms with E-state index in [1.54, 1.807) is 18.4 Å². The Hall–Kier alpha value is -1.92. The van der Waals surface area contributed by atoms with E-state index in [4.69, 9.17) is 5.21 Å². The van der Waals surface area contributed by atoms with Gasteiger partial charge in [0.2, 0.25) is 0 Å². The van der Waals surface area contributed by atoms with Crippen LogP contribution in [0.25, 0.3) is 0 Å². The van der Waals surface area contributed by atoms with Gasteiger partial charge in [-0.2, -0.15) is 0 Å². The van der Waals surface area contributed by atoms with Gasteiger partial charge in [-0.1, -0.05) is 11.2 Å². The van der Waals surface area contributed by atoms with Gasteiger partial charge in [0.15, 0.2) is 0 Å². The normalized spacial score (nSPS) is 17.0. The molecule has 0 aliphatic carbocycles. The Kier molecular flexibility index (Phi) is 3.69. The molecule has 2 N–H and O–H groups in total. The molecule has 2 rings (SSSR count). The van der Waals surface area contributed by atoms with E-state index in [0.717, 1.165) is 9.94 Å². The Morgan fingerprint density at radius 1 is 1.59 bits per heavy atom. The van der Waals surface area contributed by atoms with Crippen LogP contribution in [0.1, 0.15) is 4.88 Å². The maximum absolute atomic E-state index is 9.67. The van der Waals surface area contributed by atoms with Crippen molar-refractivity contribution in [1.29, 1.82) is 0 Å². The minimum Gasteiger partial charge on any atom is -0.411 e. The lowest BCUT2D eigenvalue weighted by molar-refractivity contribution is -0.0259. The number of allylic oxidation sites excluding steroid dienone is 2. The van der Waals surface area contributed by atoms with Gasteiger partial charge in [0, 0.05) is 6.21 Å². The predicted octanol–water partition coefficient (Wildman–Crippen LogP) is 2.10. The monoisotopic (exact) mass is 249 g/mol. The summed E-state index contributed by atoms with van der Waals surface area (Å²) in [5.74, 6) is 0. The van der Waals surface area contributed by atoms with Crippen LogP contribution in [0.5, 0.6) is 0 Å². The summed E-state index contributed by atoms with van der Waals surface area (Å²) in [5.41, 5.74) is 1.06. The fourth-order valence-electron chi connectivity index (χ4n) is 1.34. The Bertz CT molecular complexity index is 475. The molecule has 0 fully saturated rings. The first-order valence-electron chi connectivity index (χ1n) is 4.92. The van der Waals surface area contributed by atoms with Crippen molar-refractivity contribution in [3.05, 3.63) is 46.4 Å². The summed E-state index contributed by atoms with van der Waals surface area (Å²) in [4.78, 5) is 4.81. The van der Waals surface area contributed by atoms with Gasteiger partial charge in [0.1, 0.15) is 5.71 Å². The van der Waals surface area contributed by atoms with Gasteiger partial charge in [-0.15, -0.1) is 11.3 Å². The van der Waals surface area contributed by atoms with Gasteiger partial charge in [-0.3, -0.25) is 15.3 Å². The lowest BCUT2D eigenvalue weighted by Crippen LogP contribution is -2.22. The van der Waals surface area contributed by atoms with E-state index in [9.17, 15) is 5.21 Å². The van der Waals surface area contributed by atoms with E-state index in [2.05, 4.69) is 10.1 Å². The van der Waals surface area contributed by atoms with Crippen LogP contribution in [0.3, 0.4) is 0 Å². The molecule has 0 saturated carbocycles.